The zero-order valence-corrected chi connectivity index (χ0v) is 17.6. The van der Waals surface area contributed by atoms with Crippen LogP contribution < -0.4 is 14.4 Å². The fraction of sp³-hybridized carbons (Fsp3) is 0.611. The van der Waals surface area contributed by atoms with Gasteiger partial charge in [-0.2, -0.15) is 0 Å². The maximum Gasteiger partial charge on any atom is 0.243 e. The summed E-state index contributed by atoms with van der Waals surface area (Å²) in [6.07, 6.45) is 4.38. The maximum absolute atomic E-state index is 12.5. The van der Waals surface area contributed by atoms with Gasteiger partial charge in [-0.25, -0.2) is 8.42 Å². The first-order chi connectivity index (χ1) is 12.7. The molecule has 1 saturated heterocycles. The predicted molar refractivity (Wildman–Crippen MR) is 108 cm³/mol. The number of carbonyl (C=O) groups excluding carboxylic acids is 1. The second kappa shape index (κ2) is 9.61. The van der Waals surface area contributed by atoms with Crippen molar-refractivity contribution >= 4 is 33.2 Å². The van der Waals surface area contributed by atoms with Gasteiger partial charge in [-0.3, -0.25) is 9.10 Å². The smallest absolute Gasteiger partial charge is 0.243 e. The third-order valence-electron chi connectivity index (χ3n) is 4.63. The molecule has 0 saturated carbocycles. The Morgan fingerprint density at radius 3 is 2.59 bits per heavy atom. The monoisotopic (exact) mass is 417 g/mol. The van der Waals surface area contributed by atoms with Crippen molar-refractivity contribution in [3.05, 3.63) is 23.2 Å². The molecule has 1 aliphatic rings. The Bertz CT molecular complexity index is 751. The molecule has 1 N–H and O–H groups in total. The lowest BCUT2D eigenvalue weighted by molar-refractivity contribution is -0.121. The van der Waals surface area contributed by atoms with E-state index in [0.717, 1.165) is 36.6 Å². The Kier molecular flexibility index (Phi) is 7.76. The Hall–Kier alpha value is -1.51. The van der Waals surface area contributed by atoms with Crippen molar-refractivity contribution in [1.82, 2.24) is 10.2 Å². The first-order valence-electron chi connectivity index (χ1n) is 9.07. The minimum absolute atomic E-state index is 0.280. The molecule has 0 aliphatic carbocycles. The highest BCUT2D eigenvalue weighted by Gasteiger charge is 2.29. The van der Waals surface area contributed by atoms with Gasteiger partial charge in [0.1, 0.15) is 11.8 Å². The molecule has 1 aromatic rings. The van der Waals surface area contributed by atoms with Gasteiger partial charge < -0.3 is 15.0 Å². The van der Waals surface area contributed by atoms with Crippen LogP contribution in [0.1, 0.15) is 26.2 Å². The second-order valence-electron chi connectivity index (χ2n) is 6.75. The number of hydrogen-bond acceptors (Lipinski definition) is 5. The van der Waals surface area contributed by atoms with Crippen LogP contribution in [0.5, 0.6) is 5.75 Å². The molecule has 1 aliphatic heterocycles. The lowest BCUT2D eigenvalue weighted by atomic mass is 10.2. The molecule has 1 unspecified atom stereocenters. The van der Waals surface area contributed by atoms with Crippen LogP contribution >= 0.6 is 11.6 Å². The number of amides is 1. The molecule has 7 nitrogen and oxygen atoms in total. The molecule has 9 heteroatoms. The molecule has 27 heavy (non-hydrogen) atoms. The predicted octanol–water partition coefficient (Wildman–Crippen LogP) is 2.11. The number of nitrogens with zero attached hydrogens (tertiary/aromatic N) is 2. The number of anilines is 1. The van der Waals surface area contributed by atoms with Crippen LogP contribution in [0.2, 0.25) is 5.02 Å². The van der Waals surface area contributed by atoms with E-state index in [1.807, 2.05) is 0 Å². The number of nitrogens with one attached hydrogen (secondary N) is 1. The molecule has 1 aromatic carbocycles. The van der Waals surface area contributed by atoms with E-state index in [-0.39, 0.29) is 10.9 Å². The highest BCUT2D eigenvalue weighted by atomic mass is 35.5. The van der Waals surface area contributed by atoms with Crippen molar-refractivity contribution in [2.75, 3.05) is 43.8 Å². The van der Waals surface area contributed by atoms with Crippen LogP contribution in [0, 0.1) is 0 Å². The van der Waals surface area contributed by atoms with E-state index < -0.39 is 16.1 Å². The van der Waals surface area contributed by atoms with Gasteiger partial charge in [0.25, 0.3) is 0 Å². The lowest BCUT2D eigenvalue weighted by Crippen LogP contribution is -2.48. The molecule has 0 radical (unpaired) electrons. The van der Waals surface area contributed by atoms with Crippen molar-refractivity contribution < 1.29 is 17.9 Å². The van der Waals surface area contributed by atoms with Crippen LogP contribution in [0.25, 0.3) is 0 Å². The van der Waals surface area contributed by atoms with E-state index in [2.05, 4.69) is 10.2 Å². The summed E-state index contributed by atoms with van der Waals surface area (Å²) in [6, 6.07) is 3.74. The Labute approximate surface area is 166 Å². The molecule has 1 heterocycles. The minimum Gasteiger partial charge on any atom is -0.495 e. The van der Waals surface area contributed by atoms with Crippen LogP contribution in [-0.4, -0.2) is 64.8 Å². The van der Waals surface area contributed by atoms with Crippen molar-refractivity contribution in [2.24, 2.45) is 0 Å². The summed E-state index contributed by atoms with van der Waals surface area (Å²) >= 11 is 6.12. The summed E-state index contributed by atoms with van der Waals surface area (Å²) in [4.78, 5) is 14.9. The number of benzene rings is 1. The fourth-order valence-corrected chi connectivity index (χ4v) is 4.69. The highest BCUT2D eigenvalue weighted by Crippen LogP contribution is 2.31. The van der Waals surface area contributed by atoms with E-state index in [4.69, 9.17) is 16.3 Å². The molecule has 152 valence electrons. The molecule has 0 spiro atoms. The summed E-state index contributed by atoms with van der Waals surface area (Å²) in [5.41, 5.74) is 0.322. The number of carbonyl (C=O) groups is 1. The van der Waals surface area contributed by atoms with Crippen molar-refractivity contribution in [2.45, 2.75) is 32.2 Å². The summed E-state index contributed by atoms with van der Waals surface area (Å²) < 4.78 is 30.8. The van der Waals surface area contributed by atoms with E-state index in [9.17, 15) is 13.2 Å². The number of rotatable bonds is 9. The number of halogens is 1. The van der Waals surface area contributed by atoms with Crippen LogP contribution in [0.15, 0.2) is 18.2 Å². The zero-order chi connectivity index (χ0) is 20.0. The second-order valence-corrected chi connectivity index (χ2v) is 9.01. The summed E-state index contributed by atoms with van der Waals surface area (Å²) in [6.45, 7) is 5.25. The third kappa shape index (κ3) is 5.99. The minimum atomic E-state index is -3.68. The standard InChI is InChI=1S/C18H28ClN3O4S/c1-14(18(23)20-9-6-12-21-10-4-5-11-21)22(27(3,24)25)15-7-8-17(26-2)16(19)13-15/h7-8,13-14H,4-6,9-12H2,1-3H3,(H,20,23). The van der Waals surface area contributed by atoms with Crippen LogP contribution in [0.4, 0.5) is 5.69 Å². The van der Waals surface area contributed by atoms with Crippen LogP contribution in [0.3, 0.4) is 0 Å². The van der Waals surface area contributed by atoms with Gasteiger partial charge in [-0.05, 0) is 64.0 Å². The van der Waals surface area contributed by atoms with E-state index in [1.165, 1.54) is 26.0 Å². The SMILES string of the molecule is COc1ccc(N(C(C)C(=O)NCCCN2CCCC2)S(C)(=O)=O)cc1Cl. The molecule has 0 bridgehead atoms. The van der Waals surface area contributed by atoms with Gasteiger partial charge in [0.15, 0.2) is 0 Å². The summed E-state index contributed by atoms with van der Waals surface area (Å²) in [7, 11) is -2.20. The molecule has 2 rings (SSSR count). The van der Waals surface area contributed by atoms with E-state index in [0.29, 0.717) is 18.0 Å². The van der Waals surface area contributed by atoms with Crippen LogP contribution in [-0.2, 0) is 14.8 Å². The van der Waals surface area contributed by atoms with E-state index >= 15 is 0 Å². The molecular weight excluding hydrogens is 390 g/mol. The van der Waals surface area contributed by atoms with Crippen molar-refractivity contribution in [1.29, 1.82) is 0 Å². The Morgan fingerprint density at radius 2 is 2.04 bits per heavy atom. The zero-order valence-electron chi connectivity index (χ0n) is 16.1. The average molecular weight is 418 g/mol. The average Bonchev–Trinajstić information content (AvgIpc) is 3.11. The third-order valence-corrected chi connectivity index (χ3v) is 6.16. The van der Waals surface area contributed by atoms with Gasteiger partial charge in [0.05, 0.1) is 24.1 Å². The normalized spacial score (nSPS) is 16.1. The van der Waals surface area contributed by atoms with Gasteiger partial charge >= 0.3 is 0 Å². The number of hydrogen-bond donors (Lipinski definition) is 1. The van der Waals surface area contributed by atoms with Gasteiger partial charge in [0, 0.05) is 6.54 Å². The number of ether oxygens (including phenoxy) is 1. The van der Waals surface area contributed by atoms with E-state index in [1.54, 1.807) is 19.1 Å². The first-order valence-corrected chi connectivity index (χ1v) is 11.3. The van der Waals surface area contributed by atoms with Crippen molar-refractivity contribution in [3.8, 4) is 5.75 Å². The van der Waals surface area contributed by atoms with Gasteiger partial charge in [0.2, 0.25) is 15.9 Å². The van der Waals surface area contributed by atoms with Gasteiger partial charge in [-0.15, -0.1) is 0 Å². The number of likely N-dealkylation sites (tertiary alicyclic amines) is 1. The van der Waals surface area contributed by atoms with Crippen molar-refractivity contribution in [3.63, 3.8) is 0 Å². The molecular formula is C18H28ClN3O4S. The number of methoxy groups -OCH3 is 1. The Balaban J connectivity index is 2.02. The molecule has 1 amide bonds. The maximum atomic E-state index is 12.5. The van der Waals surface area contributed by atoms with Gasteiger partial charge in [-0.1, -0.05) is 11.6 Å². The number of sulfonamides is 1. The largest absolute Gasteiger partial charge is 0.495 e. The summed E-state index contributed by atoms with van der Waals surface area (Å²) in [5.74, 6) is 0.0988. The first kappa shape index (κ1) is 21.8. The molecule has 0 aromatic heterocycles. The quantitative estimate of drug-likeness (QED) is 0.622. The fourth-order valence-electron chi connectivity index (χ4n) is 3.27. The molecule has 1 atom stereocenters. The highest BCUT2D eigenvalue weighted by molar-refractivity contribution is 7.92. The topological polar surface area (TPSA) is 79.0 Å². The lowest BCUT2D eigenvalue weighted by Gasteiger charge is -2.28. The summed E-state index contributed by atoms with van der Waals surface area (Å²) in [5, 5.41) is 3.12. The Morgan fingerprint density at radius 1 is 1.37 bits per heavy atom. The molecule has 1 fully saturated rings.